The molecule has 23 heavy (non-hydrogen) atoms. The van der Waals surface area contributed by atoms with Gasteiger partial charge >= 0.3 is 0 Å². The number of amides is 1. The van der Waals surface area contributed by atoms with Crippen molar-refractivity contribution in [3.05, 3.63) is 64.1 Å². The first kappa shape index (κ1) is 15.6. The predicted octanol–water partition coefficient (Wildman–Crippen LogP) is 3.86. The standard InChI is InChI=1S/C16H11BrF2N2O2/c17-10-3-1-2-9(6-10)14-8-15(23-21-14)16(22)20-11-4-5-12(18)13(19)7-11/h1-7,15H,8H2,(H,20,22). The molecule has 0 radical (unpaired) electrons. The minimum atomic E-state index is -1.03. The molecule has 4 nitrogen and oxygen atoms in total. The number of hydrogen-bond acceptors (Lipinski definition) is 3. The van der Waals surface area contributed by atoms with Gasteiger partial charge in [0.2, 0.25) is 6.10 Å². The largest absolute Gasteiger partial charge is 0.382 e. The Morgan fingerprint density at radius 1 is 1.22 bits per heavy atom. The lowest BCUT2D eigenvalue weighted by molar-refractivity contribution is -0.125. The molecule has 1 aliphatic heterocycles. The number of carbonyl (C=O) groups excluding carboxylic acids is 1. The molecule has 7 heteroatoms. The molecule has 0 saturated heterocycles. The van der Waals surface area contributed by atoms with Crippen molar-refractivity contribution in [2.45, 2.75) is 12.5 Å². The molecule has 0 bridgehead atoms. The van der Waals surface area contributed by atoms with Crippen molar-refractivity contribution >= 4 is 33.2 Å². The number of rotatable bonds is 3. The first-order valence-corrected chi connectivity index (χ1v) is 7.57. The minimum Gasteiger partial charge on any atom is -0.382 e. The van der Waals surface area contributed by atoms with Gasteiger partial charge in [0.25, 0.3) is 5.91 Å². The van der Waals surface area contributed by atoms with Crippen LogP contribution >= 0.6 is 15.9 Å². The monoisotopic (exact) mass is 380 g/mol. The molecular formula is C16H11BrF2N2O2. The topological polar surface area (TPSA) is 50.7 Å². The number of anilines is 1. The maximum Gasteiger partial charge on any atom is 0.268 e. The summed E-state index contributed by atoms with van der Waals surface area (Å²) in [6.07, 6.45) is -0.511. The van der Waals surface area contributed by atoms with Crippen molar-refractivity contribution in [3.63, 3.8) is 0 Å². The number of carbonyl (C=O) groups is 1. The number of oxime groups is 1. The van der Waals surface area contributed by atoms with E-state index in [4.69, 9.17) is 4.84 Å². The van der Waals surface area contributed by atoms with Gasteiger partial charge in [-0.2, -0.15) is 0 Å². The second kappa shape index (κ2) is 6.45. The van der Waals surface area contributed by atoms with E-state index in [2.05, 4.69) is 26.4 Å². The van der Waals surface area contributed by atoms with Crippen LogP contribution < -0.4 is 5.32 Å². The molecule has 0 fully saturated rings. The second-order valence-corrected chi connectivity index (χ2v) is 5.88. The molecule has 3 rings (SSSR count). The van der Waals surface area contributed by atoms with Crippen molar-refractivity contribution < 1.29 is 18.4 Å². The van der Waals surface area contributed by atoms with E-state index in [0.29, 0.717) is 12.1 Å². The van der Waals surface area contributed by atoms with Gasteiger partial charge in [-0.25, -0.2) is 8.78 Å². The summed E-state index contributed by atoms with van der Waals surface area (Å²) < 4.78 is 26.9. The SMILES string of the molecule is O=C(Nc1ccc(F)c(F)c1)C1CC(c2cccc(Br)c2)=NO1. The van der Waals surface area contributed by atoms with Gasteiger partial charge in [0.05, 0.1) is 5.71 Å². The minimum absolute atomic E-state index is 0.161. The van der Waals surface area contributed by atoms with Gasteiger partial charge in [-0.05, 0) is 24.3 Å². The predicted molar refractivity (Wildman–Crippen MR) is 85.2 cm³/mol. The van der Waals surface area contributed by atoms with Gasteiger partial charge in [-0.15, -0.1) is 0 Å². The number of hydrogen-bond donors (Lipinski definition) is 1. The summed E-state index contributed by atoms with van der Waals surface area (Å²) >= 11 is 3.37. The van der Waals surface area contributed by atoms with Crippen LogP contribution in [0.15, 0.2) is 52.1 Å². The Balaban J connectivity index is 1.65. The molecule has 118 valence electrons. The third-order valence-electron chi connectivity index (χ3n) is 3.31. The number of nitrogens with one attached hydrogen (secondary N) is 1. The molecular weight excluding hydrogens is 370 g/mol. The van der Waals surface area contributed by atoms with Gasteiger partial charge in [-0.3, -0.25) is 4.79 Å². The molecule has 1 heterocycles. The van der Waals surface area contributed by atoms with Crippen molar-refractivity contribution in [3.8, 4) is 0 Å². The molecule has 1 N–H and O–H groups in total. The fraction of sp³-hybridized carbons (Fsp3) is 0.125. The number of nitrogens with zero attached hydrogens (tertiary/aromatic N) is 1. The van der Waals surface area contributed by atoms with Crippen LogP contribution in [0.4, 0.5) is 14.5 Å². The molecule has 2 aromatic carbocycles. The summed E-state index contributed by atoms with van der Waals surface area (Å²) in [5.74, 6) is -2.47. The van der Waals surface area contributed by atoms with Crippen LogP contribution in [0.5, 0.6) is 0 Å². The van der Waals surface area contributed by atoms with E-state index in [1.165, 1.54) is 6.07 Å². The number of halogens is 3. The molecule has 0 aliphatic carbocycles. The van der Waals surface area contributed by atoms with Gasteiger partial charge in [0.15, 0.2) is 11.6 Å². The third kappa shape index (κ3) is 3.56. The molecule has 1 unspecified atom stereocenters. The van der Waals surface area contributed by atoms with E-state index in [9.17, 15) is 13.6 Å². The van der Waals surface area contributed by atoms with Crippen LogP contribution in [-0.2, 0) is 9.63 Å². The Kier molecular flexibility index (Phi) is 4.38. The van der Waals surface area contributed by atoms with Gasteiger partial charge < -0.3 is 10.2 Å². The molecule has 0 saturated carbocycles. The van der Waals surface area contributed by atoms with E-state index < -0.39 is 23.6 Å². The normalized spacial score (nSPS) is 16.7. The lowest BCUT2D eigenvalue weighted by atomic mass is 10.0. The summed E-state index contributed by atoms with van der Waals surface area (Å²) in [7, 11) is 0. The van der Waals surface area contributed by atoms with E-state index >= 15 is 0 Å². The molecule has 1 aliphatic rings. The average molecular weight is 381 g/mol. The van der Waals surface area contributed by atoms with Crippen LogP contribution in [0.2, 0.25) is 0 Å². The summed E-state index contributed by atoms with van der Waals surface area (Å²) in [5, 5.41) is 6.41. The zero-order chi connectivity index (χ0) is 16.4. The van der Waals surface area contributed by atoms with Crippen LogP contribution in [0, 0.1) is 11.6 Å². The van der Waals surface area contributed by atoms with E-state index in [0.717, 1.165) is 22.2 Å². The van der Waals surface area contributed by atoms with Crippen LogP contribution in [0.1, 0.15) is 12.0 Å². The Hall–Kier alpha value is -2.28. The molecule has 1 atom stereocenters. The highest BCUT2D eigenvalue weighted by atomic mass is 79.9. The fourth-order valence-electron chi connectivity index (χ4n) is 2.15. The van der Waals surface area contributed by atoms with Crippen molar-refractivity contribution in [2.75, 3.05) is 5.32 Å². The lowest BCUT2D eigenvalue weighted by Crippen LogP contribution is -2.28. The molecule has 0 aromatic heterocycles. The zero-order valence-corrected chi connectivity index (χ0v) is 13.3. The van der Waals surface area contributed by atoms with Crippen LogP contribution in [0.25, 0.3) is 0 Å². The van der Waals surface area contributed by atoms with E-state index in [-0.39, 0.29) is 5.69 Å². The van der Waals surface area contributed by atoms with Gasteiger partial charge in [0, 0.05) is 28.2 Å². The maximum atomic E-state index is 13.1. The maximum absolute atomic E-state index is 13.1. The van der Waals surface area contributed by atoms with E-state index in [1.807, 2.05) is 24.3 Å². The highest BCUT2D eigenvalue weighted by Crippen LogP contribution is 2.21. The number of benzene rings is 2. The first-order valence-electron chi connectivity index (χ1n) is 6.77. The lowest BCUT2D eigenvalue weighted by Gasteiger charge is -2.09. The van der Waals surface area contributed by atoms with Crippen LogP contribution in [-0.4, -0.2) is 17.7 Å². The Labute approximate surface area is 139 Å². The quantitative estimate of drug-likeness (QED) is 0.878. The Bertz CT molecular complexity index is 795. The van der Waals surface area contributed by atoms with Gasteiger partial charge in [0.1, 0.15) is 0 Å². The third-order valence-corrected chi connectivity index (χ3v) is 3.80. The highest BCUT2D eigenvalue weighted by molar-refractivity contribution is 9.10. The molecule has 2 aromatic rings. The highest BCUT2D eigenvalue weighted by Gasteiger charge is 2.29. The summed E-state index contributed by atoms with van der Waals surface area (Å²) in [5.41, 5.74) is 1.66. The van der Waals surface area contributed by atoms with Gasteiger partial charge in [-0.1, -0.05) is 33.2 Å². The zero-order valence-electron chi connectivity index (χ0n) is 11.7. The molecule has 1 amide bonds. The van der Waals surface area contributed by atoms with E-state index in [1.54, 1.807) is 0 Å². The molecule has 0 spiro atoms. The Morgan fingerprint density at radius 3 is 2.78 bits per heavy atom. The van der Waals surface area contributed by atoms with Crippen molar-refractivity contribution in [2.24, 2.45) is 5.16 Å². The van der Waals surface area contributed by atoms with Crippen molar-refractivity contribution in [1.29, 1.82) is 0 Å². The summed E-state index contributed by atoms with van der Waals surface area (Å²) in [6, 6.07) is 10.6. The van der Waals surface area contributed by atoms with Crippen molar-refractivity contribution in [1.82, 2.24) is 0 Å². The second-order valence-electron chi connectivity index (χ2n) is 4.96. The summed E-state index contributed by atoms with van der Waals surface area (Å²) in [6.45, 7) is 0. The van der Waals surface area contributed by atoms with Crippen LogP contribution in [0.3, 0.4) is 0 Å². The average Bonchev–Trinajstić information content (AvgIpc) is 3.01. The first-order chi connectivity index (χ1) is 11.0. The smallest absolute Gasteiger partial charge is 0.268 e. The fourth-order valence-corrected chi connectivity index (χ4v) is 2.55. The Morgan fingerprint density at radius 2 is 2.04 bits per heavy atom. The summed E-state index contributed by atoms with van der Waals surface area (Å²) in [4.78, 5) is 17.3.